The molecular weight excluding hydrogens is 340 g/mol. The molecule has 1 unspecified atom stereocenters. The van der Waals surface area contributed by atoms with E-state index in [2.05, 4.69) is 10.3 Å². The standard InChI is InChI=1S/C19H23ClN2O3/c1-12(2)11-25-18-15(20)9-14(10-17(18)24-4)19(23)22-13(3)16-7-5-6-8-21-16/h5-10,12-13H,11H2,1-4H3,(H,22,23). The monoisotopic (exact) mass is 362 g/mol. The van der Waals surface area contributed by atoms with Gasteiger partial charge in [0.2, 0.25) is 0 Å². The first-order valence-electron chi connectivity index (χ1n) is 8.14. The van der Waals surface area contributed by atoms with E-state index in [0.29, 0.717) is 34.6 Å². The molecule has 1 heterocycles. The van der Waals surface area contributed by atoms with E-state index in [4.69, 9.17) is 21.1 Å². The number of nitrogens with one attached hydrogen (secondary N) is 1. The first-order chi connectivity index (χ1) is 11.9. The first-order valence-corrected chi connectivity index (χ1v) is 8.52. The third-order valence-corrected chi connectivity index (χ3v) is 3.81. The molecule has 2 rings (SSSR count). The van der Waals surface area contributed by atoms with Gasteiger partial charge in [0.15, 0.2) is 11.5 Å². The van der Waals surface area contributed by atoms with Gasteiger partial charge in [-0.2, -0.15) is 0 Å². The van der Waals surface area contributed by atoms with Crippen LogP contribution in [0.15, 0.2) is 36.5 Å². The zero-order valence-electron chi connectivity index (χ0n) is 14.9. The Morgan fingerprint density at radius 2 is 2.04 bits per heavy atom. The first kappa shape index (κ1) is 19.1. The van der Waals surface area contributed by atoms with Crippen molar-refractivity contribution < 1.29 is 14.3 Å². The van der Waals surface area contributed by atoms with Crippen LogP contribution in [0.25, 0.3) is 0 Å². The molecule has 1 aromatic carbocycles. The number of benzene rings is 1. The minimum Gasteiger partial charge on any atom is -0.493 e. The average Bonchev–Trinajstić information content (AvgIpc) is 2.60. The van der Waals surface area contributed by atoms with Gasteiger partial charge in [0, 0.05) is 11.8 Å². The Balaban J connectivity index is 2.18. The number of carbonyl (C=O) groups excluding carboxylic acids is 1. The quantitative estimate of drug-likeness (QED) is 0.799. The maximum atomic E-state index is 12.5. The molecule has 2 aromatic rings. The number of halogens is 1. The van der Waals surface area contributed by atoms with Crippen LogP contribution in [0.4, 0.5) is 0 Å². The van der Waals surface area contributed by atoms with Crippen LogP contribution in [0, 0.1) is 5.92 Å². The summed E-state index contributed by atoms with van der Waals surface area (Å²) in [7, 11) is 1.52. The fourth-order valence-corrected chi connectivity index (χ4v) is 2.49. The number of rotatable bonds is 7. The minimum absolute atomic E-state index is 0.227. The minimum atomic E-state index is -0.256. The van der Waals surface area contributed by atoms with Gasteiger partial charge in [0.1, 0.15) is 0 Å². The highest BCUT2D eigenvalue weighted by atomic mass is 35.5. The highest BCUT2D eigenvalue weighted by Crippen LogP contribution is 2.36. The van der Waals surface area contributed by atoms with E-state index < -0.39 is 0 Å². The van der Waals surface area contributed by atoms with E-state index in [0.717, 1.165) is 5.69 Å². The molecule has 0 aliphatic carbocycles. The molecule has 0 saturated heterocycles. The van der Waals surface area contributed by atoms with E-state index in [9.17, 15) is 4.79 Å². The third kappa shape index (κ3) is 5.10. The van der Waals surface area contributed by atoms with Crippen LogP contribution in [-0.4, -0.2) is 24.6 Å². The van der Waals surface area contributed by atoms with Gasteiger partial charge in [-0.15, -0.1) is 0 Å². The second kappa shape index (κ2) is 8.72. The van der Waals surface area contributed by atoms with Crippen molar-refractivity contribution in [3.05, 3.63) is 52.8 Å². The van der Waals surface area contributed by atoms with Crippen molar-refractivity contribution in [3.8, 4) is 11.5 Å². The topological polar surface area (TPSA) is 60.5 Å². The Morgan fingerprint density at radius 3 is 2.64 bits per heavy atom. The Morgan fingerprint density at radius 1 is 1.28 bits per heavy atom. The summed E-state index contributed by atoms with van der Waals surface area (Å²) in [5.74, 6) is 0.979. The lowest BCUT2D eigenvalue weighted by Gasteiger charge is -2.17. The largest absolute Gasteiger partial charge is 0.493 e. The van der Waals surface area contributed by atoms with Crippen LogP contribution in [-0.2, 0) is 0 Å². The van der Waals surface area contributed by atoms with Crippen molar-refractivity contribution in [2.24, 2.45) is 5.92 Å². The van der Waals surface area contributed by atoms with Crippen molar-refractivity contribution in [2.75, 3.05) is 13.7 Å². The number of carbonyl (C=O) groups is 1. The number of methoxy groups -OCH3 is 1. The molecule has 1 aromatic heterocycles. The van der Waals surface area contributed by atoms with E-state index in [-0.39, 0.29) is 11.9 Å². The highest BCUT2D eigenvalue weighted by molar-refractivity contribution is 6.32. The van der Waals surface area contributed by atoms with E-state index >= 15 is 0 Å². The van der Waals surface area contributed by atoms with Crippen LogP contribution in [0.3, 0.4) is 0 Å². The molecule has 5 nitrogen and oxygen atoms in total. The van der Waals surface area contributed by atoms with Crippen LogP contribution in [0.1, 0.15) is 42.9 Å². The Kier molecular flexibility index (Phi) is 6.65. The summed E-state index contributed by atoms with van der Waals surface area (Å²) in [4.78, 5) is 16.8. The molecule has 1 atom stereocenters. The van der Waals surface area contributed by atoms with Crippen molar-refractivity contribution >= 4 is 17.5 Å². The number of pyridine rings is 1. The summed E-state index contributed by atoms with van der Waals surface area (Å²) in [5.41, 5.74) is 1.19. The molecule has 0 radical (unpaired) electrons. The average molecular weight is 363 g/mol. The molecule has 134 valence electrons. The van der Waals surface area contributed by atoms with Gasteiger partial charge in [-0.25, -0.2) is 0 Å². The maximum absolute atomic E-state index is 12.5. The maximum Gasteiger partial charge on any atom is 0.251 e. The van der Waals surface area contributed by atoms with Gasteiger partial charge in [-0.1, -0.05) is 31.5 Å². The highest BCUT2D eigenvalue weighted by Gasteiger charge is 2.18. The van der Waals surface area contributed by atoms with E-state index in [1.54, 1.807) is 18.3 Å². The predicted molar refractivity (Wildman–Crippen MR) is 98.5 cm³/mol. The number of ether oxygens (including phenoxy) is 2. The lowest BCUT2D eigenvalue weighted by atomic mass is 10.1. The number of hydrogen-bond acceptors (Lipinski definition) is 4. The van der Waals surface area contributed by atoms with Gasteiger partial charge in [-0.3, -0.25) is 9.78 Å². The summed E-state index contributed by atoms with van der Waals surface area (Å²) < 4.78 is 11.0. The van der Waals surface area contributed by atoms with Gasteiger partial charge in [0.05, 0.1) is 30.5 Å². The van der Waals surface area contributed by atoms with Gasteiger partial charge < -0.3 is 14.8 Å². The molecule has 0 fully saturated rings. The summed E-state index contributed by atoms with van der Waals surface area (Å²) in [6.45, 7) is 6.47. The smallest absolute Gasteiger partial charge is 0.251 e. The second-order valence-corrected chi connectivity index (χ2v) is 6.55. The molecule has 0 aliphatic rings. The molecular formula is C19H23ClN2O3. The van der Waals surface area contributed by atoms with Crippen LogP contribution >= 0.6 is 11.6 Å². The molecule has 1 N–H and O–H groups in total. The summed E-state index contributed by atoms with van der Waals surface area (Å²) in [6, 6.07) is 8.56. The van der Waals surface area contributed by atoms with Gasteiger partial charge >= 0.3 is 0 Å². The lowest BCUT2D eigenvalue weighted by molar-refractivity contribution is 0.0938. The third-order valence-electron chi connectivity index (χ3n) is 3.53. The lowest BCUT2D eigenvalue weighted by Crippen LogP contribution is -2.27. The van der Waals surface area contributed by atoms with Gasteiger partial charge in [0.25, 0.3) is 5.91 Å². The number of nitrogens with zero attached hydrogens (tertiary/aromatic N) is 1. The Hall–Kier alpha value is -2.27. The molecule has 0 saturated carbocycles. The molecule has 25 heavy (non-hydrogen) atoms. The fourth-order valence-electron chi connectivity index (χ4n) is 2.23. The van der Waals surface area contributed by atoms with Crippen molar-refractivity contribution in [1.82, 2.24) is 10.3 Å². The number of amides is 1. The molecule has 6 heteroatoms. The fraction of sp³-hybridized carbons (Fsp3) is 0.368. The van der Waals surface area contributed by atoms with E-state index in [1.807, 2.05) is 39.0 Å². The summed E-state index contributed by atoms with van der Waals surface area (Å²) in [5, 5.41) is 3.25. The molecule has 0 aliphatic heterocycles. The number of hydrogen-bond donors (Lipinski definition) is 1. The predicted octanol–water partition coefficient (Wildman–Crippen LogP) is 4.27. The summed E-state index contributed by atoms with van der Waals surface area (Å²) in [6.07, 6.45) is 1.69. The zero-order chi connectivity index (χ0) is 18.4. The Bertz CT molecular complexity index is 720. The van der Waals surface area contributed by atoms with Crippen LogP contribution in [0.2, 0.25) is 5.02 Å². The van der Waals surface area contributed by atoms with E-state index in [1.165, 1.54) is 7.11 Å². The number of aromatic nitrogens is 1. The molecule has 1 amide bonds. The SMILES string of the molecule is COc1cc(C(=O)NC(C)c2ccccn2)cc(Cl)c1OCC(C)C. The van der Waals surface area contributed by atoms with Crippen molar-refractivity contribution in [1.29, 1.82) is 0 Å². The van der Waals surface area contributed by atoms with Gasteiger partial charge in [-0.05, 0) is 37.1 Å². The molecule has 0 spiro atoms. The summed E-state index contributed by atoms with van der Waals surface area (Å²) >= 11 is 6.30. The second-order valence-electron chi connectivity index (χ2n) is 6.14. The molecule has 0 bridgehead atoms. The Labute approximate surface area is 153 Å². The zero-order valence-corrected chi connectivity index (χ0v) is 15.6. The van der Waals surface area contributed by atoms with Crippen LogP contribution in [0.5, 0.6) is 11.5 Å². The van der Waals surface area contributed by atoms with Crippen LogP contribution < -0.4 is 14.8 Å². The normalized spacial score (nSPS) is 11.9. The van der Waals surface area contributed by atoms with Crippen molar-refractivity contribution in [3.63, 3.8) is 0 Å². The van der Waals surface area contributed by atoms with Crippen molar-refractivity contribution in [2.45, 2.75) is 26.8 Å².